The molecule has 1 rings (SSSR count). The monoisotopic (exact) mass is 265 g/mol. The van der Waals surface area contributed by atoms with E-state index in [1.54, 1.807) is 12.1 Å². The number of nitro groups is 1. The SMILES string of the molecule is CC(C)NC(=O)CNC(C)c1cccc([N+](=O)[O-])c1. The zero-order chi connectivity index (χ0) is 14.4. The fourth-order valence-corrected chi connectivity index (χ4v) is 1.64. The Morgan fingerprint density at radius 2 is 2.05 bits per heavy atom. The number of non-ortho nitro benzene ring substituents is 1. The molecular weight excluding hydrogens is 246 g/mol. The molecule has 0 aliphatic carbocycles. The van der Waals surface area contributed by atoms with E-state index in [2.05, 4.69) is 10.6 Å². The van der Waals surface area contributed by atoms with Crippen molar-refractivity contribution in [3.63, 3.8) is 0 Å². The molecule has 6 heteroatoms. The highest BCUT2D eigenvalue weighted by atomic mass is 16.6. The van der Waals surface area contributed by atoms with Gasteiger partial charge in [0.15, 0.2) is 0 Å². The summed E-state index contributed by atoms with van der Waals surface area (Å²) >= 11 is 0. The van der Waals surface area contributed by atoms with Gasteiger partial charge in [0.05, 0.1) is 11.5 Å². The minimum atomic E-state index is -0.429. The predicted octanol–water partition coefficient (Wildman–Crippen LogP) is 1.77. The lowest BCUT2D eigenvalue weighted by molar-refractivity contribution is -0.384. The summed E-state index contributed by atoms with van der Waals surface area (Å²) in [7, 11) is 0. The maximum atomic E-state index is 11.5. The normalized spacial score (nSPS) is 12.2. The Balaban J connectivity index is 2.58. The number of carbonyl (C=O) groups is 1. The van der Waals surface area contributed by atoms with Crippen molar-refractivity contribution in [2.24, 2.45) is 0 Å². The second kappa shape index (κ2) is 6.84. The lowest BCUT2D eigenvalue weighted by atomic mass is 10.1. The Morgan fingerprint density at radius 3 is 2.63 bits per heavy atom. The first kappa shape index (κ1) is 15.1. The maximum Gasteiger partial charge on any atom is 0.269 e. The zero-order valence-electron chi connectivity index (χ0n) is 11.3. The molecular formula is C13H19N3O3. The Hall–Kier alpha value is -1.95. The van der Waals surface area contributed by atoms with Gasteiger partial charge in [-0.15, -0.1) is 0 Å². The van der Waals surface area contributed by atoms with Crippen molar-refractivity contribution in [3.8, 4) is 0 Å². The fraction of sp³-hybridized carbons (Fsp3) is 0.462. The average molecular weight is 265 g/mol. The van der Waals surface area contributed by atoms with Crippen LogP contribution in [-0.2, 0) is 4.79 Å². The molecule has 0 heterocycles. The molecule has 0 aromatic heterocycles. The predicted molar refractivity (Wildman–Crippen MR) is 72.8 cm³/mol. The van der Waals surface area contributed by atoms with Gasteiger partial charge in [-0.2, -0.15) is 0 Å². The molecule has 0 fully saturated rings. The van der Waals surface area contributed by atoms with E-state index in [1.807, 2.05) is 20.8 Å². The number of benzene rings is 1. The molecule has 1 amide bonds. The van der Waals surface area contributed by atoms with Gasteiger partial charge in [0, 0.05) is 24.2 Å². The van der Waals surface area contributed by atoms with E-state index in [0.717, 1.165) is 5.56 Å². The second-order valence-corrected chi connectivity index (χ2v) is 4.68. The molecule has 1 aromatic rings. The van der Waals surface area contributed by atoms with Crippen LogP contribution in [0.25, 0.3) is 0 Å². The van der Waals surface area contributed by atoms with Crippen molar-refractivity contribution >= 4 is 11.6 Å². The Kier molecular flexibility index (Phi) is 5.44. The molecule has 0 aliphatic rings. The van der Waals surface area contributed by atoms with Gasteiger partial charge in [-0.05, 0) is 26.3 Å². The largest absolute Gasteiger partial charge is 0.353 e. The summed E-state index contributed by atoms with van der Waals surface area (Å²) < 4.78 is 0. The summed E-state index contributed by atoms with van der Waals surface area (Å²) in [6, 6.07) is 6.37. The first-order valence-corrected chi connectivity index (χ1v) is 6.17. The number of rotatable bonds is 6. The van der Waals surface area contributed by atoms with Gasteiger partial charge in [-0.3, -0.25) is 14.9 Å². The van der Waals surface area contributed by atoms with Crippen molar-refractivity contribution < 1.29 is 9.72 Å². The maximum absolute atomic E-state index is 11.5. The van der Waals surface area contributed by atoms with Crippen LogP contribution in [-0.4, -0.2) is 23.4 Å². The van der Waals surface area contributed by atoms with Crippen molar-refractivity contribution in [3.05, 3.63) is 39.9 Å². The summed E-state index contributed by atoms with van der Waals surface area (Å²) in [4.78, 5) is 21.7. The highest BCUT2D eigenvalue weighted by Crippen LogP contribution is 2.18. The van der Waals surface area contributed by atoms with Crippen molar-refractivity contribution in [2.75, 3.05) is 6.54 Å². The van der Waals surface area contributed by atoms with Crippen molar-refractivity contribution in [2.45, 2.75) is 32.9 Å². The van der Waals surface area contributed by atoms with Gasteiger partial charge in [0.1, 0.15) is 0 Å². The van der Waals surface area contributed by atoms with Crippen molar-refractivity contribution in [1.82, 2.24) is 10.6 Å². The van der Waals surface area contributed by atoms with Crippen LogP contribution in [0.1, 0.15) is 32.4 Å². The minimum Gasteiger partial charge on any atom is -0.353 e. The molecule has 0 spiro atoms. The third kappa shape index (κ3) is 5.05. The Morgan fingerprint density at radius 1 is 1.37 bits per heavy atom. The van der Waals surface area contributed by atoms with Crippen LogP contribution in [0.5, 0.6) is 0 Å². The molecule has 19 heavy (non-hydrogen) atoms. The number of nitrogens with zero attached hydrogens (tertiary/aromatic N) is 1. The topological polar surface area (TPSA) is 84.3 Å². The summed E-state index contributed by atoms with van der Waals surface area (Å²) in [6.07, 6.45) is 0. The quantitative estimate of drug-likeness (QED) is 0.606. The molecule has 0 aliphatic heterocycles. The third-order valence-corrected chi connectivity index (χ3v) is 2.60. The standard InChI is InChI=1S/C13H19N3O3/c1-9(2)15-13(17)8-14-10(3)11-5-4-6-12(7-11)16(18)19/h4-7,9-10,14H,8H2,1-3H3,(H,15,17). The lowest BCUT2D eigenvalue weighted by Crippen LogP contribution is -2.38. The van der Waals surface area contributed by atoms with Crippen LogP contribution in [0.15, 0.2) is 24.3 Å². The van der Waals surface area contributed by atoms with Gasteiger partial charge in [-0.25, -0.2) is 0 Å². The van der Waals surface area contributed by atoms with E-state index in [0.29, 0.717) is 0 Å². The Labute approximate surface area is 112 Å². The number of hydrogen-bond donors (Lipinski definition) is 2. The van der Waals surface area contributed by atoms with E-state index < -0.39 is 4.92 Å². The average Bonchev–Trinajstić information content (AvgIpc) is 2.35. The molecule has 0 bridgehead atoms. The molecule has 104 valence electrons. The number of carbonyl (C=O) groups excluding carboxylic acids is 1. The zero-order valence-corrected chi connectivity index (χ0v) is 11.3. The molecule has 0 radical (unpaired) electrons. The molecule has 0 saturated heterocycles. The summed E-state index contributed by atoms with van der Waals surface area (Å²) in [5.41, 5.74) is 0.837. The van der Waals surface area contributed by atoms with Gasteiger partial charge < -0.3 is 10.6 Å². The lowest BCUT2D eigenvalue weighted by Gasteiger charge is -2.15. The molecule has 6 nitrogen and oxygen atoms in total. The smallest absolute Gasteiger partial charge is 0.269 e. The summed E-state index contributed by atoms with van der Waals surface area (Å²) in [5, 5.41) is 16.5. The molecule has 1 atom stereocenters. The molecule has 0 saturated carbocycles. The number of nitro benzene ring substituents is 1. The summed E-state index contributed by atoms with van der Waals surface area (Å²) in [5.74, 6) is -0.0905. The van der Waals surface area contributed by atoms with E-state index in [4.69, 9.17) is 0 Å². The first-order chi connectivity index (χ1) is 8.90. The van der Waals surface area contributed by atoms with E-state index in [9.17, 15) is 14.9 Å². The molecule has 2 N–H and O–H groups in total. The third-order valence-electron chi connectivity index (χ3n) is 2.60. The van der Waals surface area contributed by atoms with Crippen LogP contribution >= 0.6 is 0 Å². The molecule has 1 aromatic carbocycles. The molecule has 1 unspecified atom stereocenters. The first-order valence-electron chi connectivity index (χ1n) is 6.17. The Bertz CT molecular complexity index is 460. The highest BCUT2D eigenvalue weighted by molar-refractivity contribution is 5.78. The van der Waals surface area contributed by atoms with Gasteiger partial charge in [0.25, 0.3) is 5.69 Å². The van der Waals surface area contributed by atoms with Crippen LogP contribution in [0.2, 0.25) is 0 Å². The highest BCUT2D eigenvalue weighted by Gasteiger charge is 2.12. The van der Waals surface area contributed by atoms with Crippen molar-refractivity contribution in [1.29, 1.82) is 0 Å². The second-order valence-electron chi connectivity index (χ2n) is 4.68. The van der Waals surface area contributed by atoms with Gasteiger partial charge >= 0.3 is 0 Å². The number of hydrogen-bond acceptors (Lipinski definition) is 4. The minimum absolute atomic E-state index is 0.0535. The van der Waals surface area contributed by atoms with Crippen LogP contribution in [0, 0.1) is 10.1 Å². The van der Waals surface area contributed by atoms with Crippen LogP contribution < -0.4 is 10.6 Å². The van der Waals surface area contributed by atoms with E-state index in [1.165, 1.54) is 12.1 Å². The van der Waals surface area contributed by atoms with E-state index in [-0.39, 0.29) is 30.2 Å². The number of nitrogens with one attached hydrogen (secondary N) is 2. The van der Waals surface area contributed by atoms with Crippen LogP contribution in [0.4, 0.5) is 5.69 Å². The van der Waals surface area contributed by atoms with Gasteiger partial charge in [-0.1, -0.05) is 12.1 Å². The fourth-order valence-electron chi connectivity index (χ4n) is 1.64. The number of amides is 1. The van der Waals surface area contributed by atoms with Gasteiger partial charge in [0.2, 0.25) is 5.91 Å². The van der Waals surface area contributed by atoms with Crippen LogP contribution in [0.3, 0.4) is 0 Å². The van der Waals surface area contributed by atoms with E-state index >= 15 is 0 Å². The summed E-state index contributed by atoms with van der Waals surface area (Å²) in [6.45, 7) is 5.83.